The highest BCUT2D eigenvalue weighted by molar-refractivity contribution is 14.1. The standard InChI is InChI=1S/C18H20INO4/c1-22-17-8-3-12(10-16(20)18(21)23-2)9-13(17)11-24-15-6-4-14(19)5-7-15/h3-9,16H,10-11,20H2,1-2H3. The number of rotatable bonds is 7. The van der Waals surface area contributed by atoms with Crippen molar-refractivity contribution in [2.45, 2.75) is 19.1 Å². The van der Waals surface area contributed by atoms with E-state index in [0.29, 0.717) is 13.0 Å². The lowest BCUT2D eigenvalue weighted by molar-refractivity contribution is -0.142. The highest BCUT2D eigenvalue weighted by atomic mass is 127. The fraction of sp³-hybridized carbons (Fsp3) is 0.278. The van der Waals surface area contributed by atoms with Crippen molar-refractivity contribution in [2.24, 2.45) is 5.73 Å². The van der Waals surface area contributed by atoms with Crippen LogP contribution in [0.4, 0.5) is 0 Å². The van der Waals surface area contributed by atoms with Crippen molar-refractivity contribution in [1.82, 2.24) is 0 Å². The van der Waals surface area contributed by atoms with Gasteiger partial charge in [0.1, 0.15) is 24.1 Å². The summed E-state index contributed by atoms with van der Waals surface area (Å²) in [5.74, 6) is 1.09. The number of carbonyl (C=O) groups excluding carboxylic acids is 1. The van der Waals surface area contributed by atoms with E-state index in [4.69, 9.17) is 15.2 Å². The highest BCUT2D eigenvalue weighted by Gasteiger charge is 2.15. The van der Waals surface area contributed by atoms with E-state index in [9.17, 15) is 4.79 Å². The molecule has 0 saturated carbocycles. The summed E-state index contributed by atoms with van der Waals surface area (Å²) in [6.07, 6.45) is 0.396. The fourth-order valence-corrected chi connectivity index (χ4v) is 2.61. The number of benzene rings is 2. The molecule has 0 saturated heterocycles. The predicted molar refractivity (Wildman–Crippen MR) is 100 cm³/mol. The van der Waals surface area contributed by atoms with Gasteiger partial charge in [-0.1, -0.05) is 6.07 Å². The summed E-state index contributed by atoms with van der Waals surface area (Å²) in [7, 11) is 2.94. The van der Waals surface area contributed by atoms with Crippen LogP contribution in [0.3, 0.4) is 0 Å². The lowest BCUT2D eigenvalue weighted by Crippen LogP contribution is -2.33. The number of methoxy groups -OCH3 is 2. The van der Waals surface area contributed by atoms with Crippen molar-refractivity contribution in [2.75, 3.05) is 14.2 Å². The molecule has 2 aromatic rings. The SMILES string of the molecule is COC(=O)C(N)Cc1ccc(OC)c(COc2ccc(I)cc2)c1. The number of hydrogen-bond donors (Lipinski definition) is 1. The Bertz CT molecular complexity index is 688. The van der Waals surface area contributed by atoms with E-state index in [-0.39, 0.29) is 0 Å². The molecule has 0 aromatic heterocycles. The molecule has 0 heterocycles. The lowest BCUT2D eigenvalue weighted by atomic mass is 10.0. The van der Waals surface area contributed by atoms with Gasteiger partial charge in [0.25, 0.3) is 0 Å². The van der Waals surface area contributed by atoms with Crippen molar-refractivity contribution < 1.29 is 19.0 Å². The van der Waals surface area contributed by atoms with E-state index in [1.54, 1.807) is 7.11 Å². The molecule has 24 heavy (non-hydrogen) atoms. The summed E-state index contributed by atoms with van der Waals surface area (Å²) in [4.78, 5) is 11.5. The van der Waals surface area contributed by atoms with Crippen LogP contribution in [0.15, 0.2) is 42.5 Å². The van der Waals surface area contributed by atoms with E-state index >= 15 is 0 Å². The van der Waals surface area contributed by atoms with E-state index in [2.05, 4.69) is 27.3 Å². The molecule has 0 radical (unpaired) electrons. The van der Waals surface area contributed by atoms with Crippen LogP contribution in [0.2, 0.25) is 0 Å². The Kier molecular flexibility index (Phi) is 6.86. The molecule has 0 aliphatic carbocycles. The zero-order chi connectivity index (χ0) is 17.5. The van der Waals surface area contributed by atoms with Crippen molar-refractivity contribution in [3.05, 3.63) is 57.2 Å². The molecule has 0 aliphatic heterocycles. The first-order valence-electron chi connectivity index (χ1n) is 7.41. The van der Waals surface area contributed by atoms with Crippen LogP contribution >= 0.6 is 22.6 Å². The summed E-state index contributed by atoms with van der Waals surface area (Å²) >= 11 is 2.25. The van der Waals surface area contributed by atoms with Gasteiger partial charge < -0.3 is 19.9 Å². The van der Waals surface area contributed by atoms with Crippen LogP contribution in [0.25, 0.3) is 0 Å². The summed E-state index contributed by atoms with van der Waals surface area (Å²) in [6, 6.07) is 12.8. The molecule has 1 atom stereocenters. The van der Waals surface area contributed by atoms with E-state index in [0.717, 1.165) is 26.2 Å². The van der Waals surface area contributed by atoms with Crippen LogP contribution < -0.4 is 15.2 Å². The Labute approximate surface area is 155 Å². The molecule has 2 aromatic carbocycles. The molecule has 5 nitrogen and oxygen atoms in total. The van der Waals surface area contributed by atoms with Crippen LogP contribution in [0.1, 0.15) is 11.1 Å². The van der Waals surface area contributed by atoms with Gasteiger partial charge in [-0.25, -0.2) is 0 Å². The largest absolute Gasteiger partial charge is 0.496 e. The van der Waals surface area contributed by atoms with Gasteiger partial charge in [0.15, 0.2) is 0 Å². The molecule has 1 unspecified atom stereocenters. The number of nitrogens with two attached hydrogens (primary N) is 1. The van der Waals surface area contributed by atoms with E-state index < -0.39 is 12.0 Å². The molecule has 0 spiro atoms. The van der Waals surface area contributed by atoms with Gasteiger partial charge in [-0.05, 0) is 71.0 Å². The second-order valence-corrected chi connectivity index (χ2v) is 6.47. The maximum atomic E-state index is 11.5. The average Bonchev–Trinajstić information content (AvgIpc) is 2.60. The van der Waals surface area contributed by atoms with Crippen molar-refractivity contribution in [3.63, 3.8) is 0 Å². The third-order valence-corrected chi connectivity index (χ3v) is 4.23. The summed E-state index contributed by atoms with van der Waals surface area (Å²) in [6.45, 7) is 0.366. The van der Waals surface area contributed by atoms with Gasteiger partial charge in [0.2, 0.25) is 0 Å². The summed E-state index contributed by atoms with van der Waals surface area (Å²) < 4.78 is 17.0. The second kappa shape index (κ2) is 8.89. The van der Waals surface area contributed by atoms with Crippen LogP contribution in [0.5, 0.6) is 11.5 Å². The Morgan fingerprint density at radius 2 is 1.88 bits per heavy atom. The Morgan fingerprint density at radius 3 is 2.50 bits per heavy atom. The minimum atomic E-state index is -0.687. The molecule has 0 fully saturated rings. The first-order valence-corrected chi connectivity index (χ1v) is 8.49. The molecule has 0 bridgehead atoms. The Hall–Kier alpha value is -1.80. The van der Waals surface area contributed by atoms with Crippen LogP contribution in [-0.2, 0) is 22.6 Å². The third kappa shape index (κ3) is 5.10. The van der Waals surface area contributed by atoms with Crippen molar-refractivity contribution >= 4 is 28.6 Å². The molecule has 2 N–H and O–H groups in total. The highest BCUT2D eigenvalue weighted by Crippen LogP contribution is 2.23. The van der Waals surface area contributed by atoms with Crippen molar-refractivity contribution in [3.8, 4) is 11.5 Å². The monoisotopic (exact) mass is 441 g/mol. The maximum Gasteiger partial charge on any atom is 0.322 e. The van der Waals surface area contributed by atoms with Crippen LogP contribution in [-0.4, -0.2) is 26.2 Å². The molecule has 6 heteroatoms. The van der Waals surface area contributed by atoms with Crippen molar-refractivity contribution in [1.29, 1.82) is 0 Å². The number of halogens is 1. The Morgan fingerprint density at radius 1 is 1.17 bits per heavy atom. The van der Waals surface area contributed by atoms with Gasteiger partial charge in [-0.2, -0.15) is 0 Å². The predicted octanol–water partition coefficient (Wildman–Crippen LogP) is 2.92. The van der Waals surface area contributed by atoms with E-state index in [1.165, 1.54) is 7.11 Å². The lowest BCUT2D eigenvalue weighted by Gasteiger charge is -2.14. The molecular weight excluding hydrogens is 421 g/mol. The summed E-state index contributed by atoms with van der Waals surface area (Å²) in [5.41, 5.74) is 7.64. The number of ether oxygens (including phenoxy) is 3. The number of esters is 1. The quantitative estimate of drug-likeness (QED) is 0.529. The zero-order valence-electron chi connectivity index (χ0n) is 13.6. The molecule has 0 aliphatic rings. The fourth-order valence-electron chi connectivity index (χ4n) is 2.25. The first-order chi connectivity index (χ1) is 11.5. The topological polar surface area (TPSA) is 70.8 Å². The Balaban J connectivity index is 2.10. The first kappa shape index (κ1) is 18.5. The molecular formula is C18H20INO4. The third-order valence-electron chi connectivity index (χ3n) is 3.51. The molecule has 0 amide bonds. The molecule has 2 rings (SSSR count). The van der Waals surface area contributed by atoms with E-state index in [1.807, 2.05) is 42.5 Å². The normalized spacial score (nSPS) is 11.7. The smallest absolute Gasteiger partial charge is 0.322 e. The van der Waals surface area contributed by atoms with Gasteiger partial charge >= 0.3 is 5.97 Å². The molecule has 128 valence electrons. The zero-order valence-corrected chi connectivity index (χ0v) is 15.8. The summed E-state index contributed by atoms with van der Waals surface area (Å²) in [5, 5.41) is 0. The van der Waals surface area contributed by atoms with Gasteiger partial charge in [0, 0.05) is 9.13 Å². The number of carbonyl (C=O) groups is 1. The van der Waals surface area contributed by atoms with Gasteiger partial charge in [-0.3, -0.25) is 4.79 Å². The van der Waals surface area contributed by atoms with Crippen LogP contribution in [0, 0.1) is 3.57 Å². The minimum absolute atomic E-state index is 0.366. The van der Waals surface area contributed by atoms with Gasteiger partial charge in [-0.15, -0.1) is 0 Å². The minimum Gasteiger partial charge on any atom is -0.496 e. The van der Waals surface area contributed by atoms with Gasteiger partial charge in [0.05, 0.1) is 14.2 Å². The second-order valence-electron chi connectivity index (χ2n) is 5.22. The number of hydrogen-bond acceptors (Lipinski definition) is 5. The average molecular weight is 441 g/mol. The maximum absolute atomic E-state index is 11.5.